The van der Waals surface area contributed by atoms with Gasteiger partial charge in [0.25, 0.3) is 0 Å². The van der Waals surface area contributed by atoms with E-state index in [1.54, 1.807) is 0 Å². The van der Waals surface area contributed by atoms with Crippen LogP contribution in [0.15, 0.2) is 0 Å². The standard InChI is InChI=1S/C8H17N3O2/c1-6(12)10-4-7(13)11-5-8(2,3)9/h4-5,9H2,1-3H3,(H,10,12)(H,11,13). The van der Waals surface area contributed by atoms with Crippen molar-refractivity contribution < 1.29 is 9.59 Å². The average Bonchev–Trinajstić information content (AvgIpc) is 1.95. The number of hydrogen-bond acceptors (Lipinski definition) is 3. The van der Waals surface area contributed by atoms with Gasteiger partial charge < -0.3 is 16.4 Å². The molecular formula is C8H17N3O2. The number of carbonyl (C=O) groups is 2. The van der Waals surface area contributed by atoms with E-state index in [9.17, 15) is 9.59 Å². The predicted octanol–water partition coefficient (Wildman–Crippen LogP) is -1.02. The molecule has 0 saturated carbocycles. The molecule has 0 saturated heterocycles. The summed E-state index contributed by atoms with van der Waals surface area (Å²) in [7, 11) is 0. The molecule has 0 aromatic rings. The van der Waals surface area contributed by atoms with Crippen molar-refractivity contribution in [3.63, 3.8) is 0 Å². The van der Waals surface area contributed by atoms with Gasteiger partial charge in [0.15, 0.2) is 0 Å². The minimum atomic E-state index is -0.425. The molecule has 0 fully saturated rings. The summed E-state index contributed by atoms with van der Waals surface area (Å²) in [6, 6.07) is 0. The number of amides is 2. The molecule has 0 spiro atoms. The molecule has 5 nitrogen and oxygen atoms in total. The fraction of sp³-hybridized carbons (Fsp3) is 0.750. The lowest BCUT2D eigenvalue weighted by molar-refractivity contribution is -0.125. The molecule has 0 rings (SSSR count). The molecule has 0 heterocycles. The second-order valence-corrected chi connectivity index (χ2v) is 3.68. The van der Waals surface area contributed by atoms with Gasteiger partial charge in [-0.05, 0) is 13.8 Å². The Morgan fingerprint density at radius 1 is 1.31 bits per heavy atom. The van der Waals surface area contributed by atoms with E-state index in [4.69, 9.17) is 5.73 Å². The Bertz CT molecular complexity index is 196. The molecule has 13 heavy (non-hydrogen) atoms. The fourth-order valence-electron chi connectivity index (χ4n) is 0.594. The number of hydrogen-bond donors (Lipinski definition) is 3. The number of nitrogens with one attached hydrogen (secondary N) is 2. The largest absolute Gasteiger partial charge is 0.353 e. The maximum Gasteiger partial charge on any atom is 0.239 e. The van der Waals surface area contributed by atoms with Gasteiger partial charge in [0, 0.05) is 19.0 Å². The van der Waals surface area contributed by atoms with E-state index in [0.29, 0.717) is 6.54 Å². The topological polar surface area (TPSA) is 84.2 Å². The summed E-state index contributed by atoms with van der Waals surface area (Å²) in [5, 5.41) is 4.99. The predicted molar refractivity (Wildman–Crippen MR) is 50.0 cm³/mol. The van der Waals surface area contributed by atoms with Crippen LogP contribution >= 0.6 is 0 Å². The van der Waals surface area contributed by atoms with Gasteiger partial charge in [-0.1, -0.05) is 0 Å². The number of carbonyl (C=O) groups excluding carboxylic acids is 2. The van der Waals surface area contributed by atoms with E-state index in [1.807, 2.05) is 13.8 Å². The third-order valence-corrected chi connectivity index (χ3v) is 1.24. The van der Waals surface area contributed by atoms with E-state index >= 15 is 0 Å². The molecule has 0 aliphatic rings. The van der Waals surface area contributed by atoms with E-state index < -0.39 is 5.54 Å². The Morgan fingerprint density at radius 2 is 1.85 bits per heavy atom. The van der Waals surface area contributed by atoms with E-state index in [0.717, 1.165) is 0 Å². The van der Waals surface area contributed by atoms with E-state index in [2.05, 4.69) is 10.6 Å². The van der Waals surface area contributed by atoms with Crippen molar-refractivity contribution in [3.8, 4) is 0 Å². The van der Waals surface area contributed by atoms with Crippen LogP contribution in [-0.2, 0) is 9.59 Å². The zero-order chi connectivity index (χ0) is 10.5. The van der Waals surface area contributed by atoms with Crippen molar-refractivity contribution in [1.29, 1.82) is 0 Å². The molecule has 76 valence electrons. The Labute approximate surface area is 78.1 Å². The van der Waals surface area contributed by atoms with E-state index in [1.165, 1.54) is 6.92 Å². The highest BCUT2D eigenvalue weighted by molar-refractivity contribution is 5.83. The first-order valence-electron chi connectivity index (χ1n) is 4.11. The average molecular weight is 187 g/mol. The maximum atomic E-state index is 11.0. The van der Waals surface area contributed by atoms with Crippen LogP contribution in [0.25, 0.3) is 0 Å². The van der Waals surface area contributed by atoms with E-state index in [-0.39, 0.29) is 18.4 Å². The van der Waals surface area contributed by atoms with Gasteiger partial charge in [0.05, 0.1) is 6.54 Å². The quantitative estimate of drug-likeness (QED) is 0.526. The summed E-state index contributed by atoms with van der Waals surface area (Å²) >= 11 is 0. The summed E-state index contributed by atoms with van der Waals surface area (Å²) < 4.78 is 0. The molecule has 0 aliphatic heterocycles. The first-order valence-corrected chi connectivity index (χ1v) is 4.11. The van der Waals surface area contributed by atoms with Gasteiger partial charge in [-0.3, -0.25) is 9.59 Å². The molecule has 0 unspecified atom stereocenters. The summed E-state index contributed by atoms with van der Waals surface area (Å²) in [5.74, 6) is -0.448. The van der Waals surface area contributed by atoms with Crippen LogP contribution < -0.4 is 16.4 Å². The van der Waals surface area contributed by atoms with Crippen molar-refractivity contribution >= 4 is 11.8 Å². The fourth-order valence-corrected chi connectivity index (χ4v) is 0.594. The minimum Gasteiger partial charge on any atom is -0.353 e. The summed E-state index contributed by atoms with van der Waals surface area (Å²) in [6.07, 6.45) is 0. The van der Waals surface area contributed by atoms with Crippen molar-refractivity contribution in [2.45, 2.75) is 26.3 Å². The molecular weight excluding hydrogens is 170 g/mol. The molecule has 0 aromatic carbocycles. The maximum absolute atomic E-state index is 11.0. The van der Waals surface area contributed by atoms with Gasteiger partial charge >= 0.3 is 0 Å². The van der Waals surface area contributed by atoms with Crippen LogP contribution in [0.3, 0.4) is 0 Å². The van der Waals surface area contributed by atoms with Crippen LogP contribution in [0, 0.1) is 0 Å². The van der Waals surface area contributed by atoms with Crippen LogP contribution in [0.1, 0.15) is 20.8 Å². The zero-order valence-electron chi connectivity index (χ0n) is 8.31. The second-order valence-electron chi connectivity index (χ2n) is 3.68. The molecule has 0 aromatic heterocycles. The third-order valence-electron chi connectivity index (χ3n) is 1.24. The lowest BCUT2D eigenvalue weighted by Crippen LogP contribution is -2.47. The SMILES string of the molecule is CC(=O)NCC(=O)NCC(C)(C)N. The van der Waals surface area contributed by atoms with Crippen LogP contribution in [0.5, 0.6) is 0 Å². The molecule has 0 atom stereocenters. The lowest BCUT2D eigenvalue weighted by Gasteiger charge is -2.18. The highest BCUT2D eigenvalue weighted by Gasteiger charge is 2.11. The summed E-state index contributed by atoms with van der Waals surface area (Å²) in [5.41, 5.74) is 5.21. The summed E-state index contributed by atoms with van der Waals surface area (Å²) in [4.78, 5) is 21.4. The first-order chi connectivity index (χ1) is 5.81. The van der Waals surface area contributed by atoms with Gasteiger partial charge in [-0.25, -0.2) is 0 Å². The van der Waals surface area contributed by atoms with Gasteiger partial charge in [-0.2, -0.15) is 0 Å². The number of rotatable bonds is 4. The van der Waals surface area contributed by atoms with Gasteiger partial charge in [0.1, 0.15) is 0 Å². The highest BCUT2D eigenvalue weighted by Crippen LogP contribution is 1.91. The van der Waals surface area contributed by atoms with Gasteiger partial charge in [-0.15, -0.1) is 0 Å². The monoisotopic (exact) mass is 187 g/mol. The third kappa shape index (κ3) is 8.81. The normalized spacial score (nSPS) is 10.8. The number of nitrogens with two attached hydrogens (primary N) is 1. The molecule has 5 heteroatoms. The molecule has 0 aliphatic carbocycles. The second kappa shape index (κ2) is 4.81. The first kappa shape index (κ1) is 11.9. The van der Waals surface area contributed by atoms with Crippen molar-refractivity contribution in [2.75, 3.05) is 13.1 Å². The van der Waals surface area contributed by atoms with Crippen molar-refractivity contribution in [3.05, 3.63) is 0 Å². The van der Waals surface area contributed by atoms with Crippen molar-refractivity contribution in [1.82, 2.24) is 10.6 Å². The zero-order valence-corrected chi connectivity index (χ0v) is 8.31. The summed E-state index contributed by atoms with van der Waals surface area (Å²) in [6.45, 7) is 5.38. The highest BCUT2D eigenvalue weighted by atomic mass is 16.2. The molecule has 2 amide bonds. The van der Waals surface area contributed by atoms with Crippen LogP contribution in [0.4, 0.5) is 0 Å². The van der Waals surface area contributed by atoms with Gasteiger partial charge in [0.2, 0.25) is 11.8 Å². The lowest BCUT2D eigenvalue weighted by atomic mass is 10.1. The Balaban J connectivity index is 3.58. The molecule has 0 radical (unpaired) electrons. The Hall–Kier alpha value is -1.10. The van der Waals surface area contributed by atoms with Crippen LogP contribution in [0.2, 0.25) is 0 Å². The molecule has 4 N–H and O–H groups in total. The Kier molecular flexibility index (Phi) is 4.40. The smallest absolute Gasteiger partial charge is 0.239 e. The Morgan fingerprint density at radius 3 is 2.23 bits per heavy atom. The molecule has 0 bridgehead atoms. The van der Waals surface area contributed by atoms with Crippen molar-refractivity contribution in [2.24, 2.45) is 5.73 Å². The minimum absolute atomic E-state index is 0.00537. The van der Waals surface area contributed by atoms with Crippen LogP contribution in [-0.4, -0.2) is 30.4 Å².